The molecule has 0 bridgehead atoms. The number of ether oxygens (including phenoxy) is 3. The second-order valence-electron chi connectivity index (χ2n) is 6.50. The standard InChI is InChI=1S/C20H18FN3O5/c1-11-17(20(25)23-22-9-12-4-3-5-14(21)6-12)24-29-18(11)13-7-15(26-2)19-16(8-13)27-10-28-19/h3-9,11,18H,10H2,1-2H3,(H,23,25). The van der Waals surface area contributed by atoms with Gasteiger partial charge in [0.2, 0.25) is 12.5 Å². The van der Waals surface area contributed by atoms with Crippen LogP contribution in [0.25, 0.3) is 0 Å². The minimum Gasteiger partial charge on any atom is -0.493 e. The first-order valence-electron chi connectivity index (χ1n) is 8.87. The molecular weight excluding hydrogens is 381 g/mol. The van der Waals surface area contributed by atoms with Crippen LogP contribution >= 0.6 is 0 Å². The van der Waals surface area contributed by atoms with Gasteiger partial charge < -0.3 is 19.0 Å². The van der Waals surface area contributed by atoms with Crippen LogP contribution in [0.1, 0.15) is 24.2 Å². The minimum absolute atomic E-state index is 0.115. The monoisotopic (exact) mass is 399 g/mol. The maximum absolute atomic E-state index is 13.2. The second-order valence-corrected chi connectivity index (χ2v) is 6.50. The summed E-state index contributed by atoms with van der Waals surface area (Å²) in [6.45, 7) is 1.94. The van der Waals surface area contributed by atoms with E-state index >= 15 is 0 Å². The molecule has 2 aliphatic rings. The van der Waals surface area contributed by atoms with Gasteiger partial charge in [0.1, 0.15) is 5.82 Å². The molecule has 0 spiro atoms. The number of nitrogens with one attached hydrogen (secondary N) is 1. The van der Waals surface area contributed by atoms with Gasteiger partial charge in [-0.05, 0) is 29.8 Å². The van der Waals surface area contributed by atoms with Crippen molar-refractivity contribution >= 4 is 17.8 Å². The van der Waals surface area contributed by atoms with Crippen LogP contribution in [-0.4, -0.2) is 31.7 Å². The van der Waals surface area contributed by atoms with Crippen molar-refractivity contribution in [1.82, 2.24) is 5.43 Å². The third-order valence-corrected chi connectivity index (χ3v) is 4.62. The Bertz CT molecular complexity index is 1010. The van der Waals surface area contributed by atoms with E-state index in [1.807, 2.05) is 6.92 Å². The number of carbonyl (C=O) groups is 1. The lowest BCUT2D eigenvalue weighted by Crippen LogP contribution is -2.31. The van der Waals surface area contributed by atoms with E-state index in [0.717, 1.165) is 5.56 Å². The number of oxime groups is 1. The first kappa shape index (κ1) is 18.7. The van der Waals surface area contributed by atoms with Crippen LogP contribution in [0.15, 0.2) is 46.7 Å². The molecule has 150 valence electrons. The summed E-state index contributed by atoms with van der Waals surface area (Å²) in [5.74, 6) is 0.373. The van der Waals surface area contributed by atoms with Crippen molar-refractivity contribution in [2.45, 2.75) is 13.0 Å². The van der Waals surface area contributed by atoms with Gasteiger partial charge in [0.05, 0.1) is 19.2 Å². The maximum atomic E-state index is 13.2. The van der Waals surface area contributed by atoms with Gasteiger partial charge in [0, 0.05) is 5.56 Å². The Morgan fingerprint density at radius 3 is 3.00 bits per heavy atom. The number of hydrogen-bond donors (Lipinski definition) is 1. The average molecular weight is 399 g/mol. The van der Waals surface area contributed by atoms with Gasteiger partial charge in [-0.1, -0.05) is 24.2 Å². The molecule has 8 nitrogen and oxygen atoms in total. The molecule has 29 heavy (non-hydrogen) atoms. The van der Waals surface area contributed by atoms with Crippen LogP contribution in [0.3, 0.4) is 0 Å². The normalized spacial score (nSPS) is 19.8. The second kappa shape index (κ2) is 7.78. The largest absolute Gasteiger partial charge is 0.493 e. The topological polar surface area (TPSA) is 90.7 Å². The summed E-state index contributed by atoms with van der Waals surface area (Å²) in [4.78, 5) is 17.9. The highest BCUT2D eigenvalue weighted by Crippen LogP contribution is 2.45. The molecule has 0 saturated carbocycles. The maximum Gasteiger partial charge on any atom is 0.289 e. The van der Waals surface area contributed by atoms with Crippen molar-refractivity contribution in [3.63, 3.8) is 0 Å². The van der Waals surface area contributed by atoms with Crippen molar-refractivity contribution in [3.8, 4) is 17.2 Å². The van der Waals surface area contributed by atoms with E-state index in [2.05, 4.69) is 15.7 Å². The molecule has 0 saturated heterocycles. The van der Waals surface area contributed by atoms with Crippen molar-refractivity contribution in [2.24, 2.45) is 16.2 Å². The van der Waals surface area contributed by atoms with E-state index in [1.165, 1.54) is 25.5 Å². The number of hydrogen-bond acceptors (Lipinski definition) is 7. The quantitative estimate of drug-likeness (QED) is 0.617. The zero-order chi connectivity index (χ0) is 20.4. The van der Waals surface area contributed by atoms with E-state index < -0.39 is 12.0 Å². The van der Waals surface area contributed by atoms with Crippen molar-refractivity contribution in [1.29, 1.82) is 0 Å². The minimum atomic E-state index is -0.500. The van der Waals surface area contributed by atoms with Gasteiger partial charge in [0.25, 0.3) is 5.91 Å². The molecule has 0 aromatic heterocycles. The van der Waals surface area contributed by atoms with E-state index in [9.17, 15) is 9.18 Å². The molecule has 2 heterocycles. The first-order chi connectivity index (χ1) is 14.1. The average Bonchev–Trinajstić information content (AvgIpc) is 3.33. The number of fused-ring (bicyclic) bond motifs is 1. The molecule has 0 fully saturated rings. The summed E-state index contributed by atoms with van der Waals surface area (Å²) < 4.78 is 29.4. The first-order valence-corrected chi connectivity index (χ1v) is 8.87. The van der Waals surface area contributed by atoms with Crippen LogP contribution in [0.5, 0.6) is 17.2 Å². The Kier molecular flexibility index (Phi) is 5.03. The van der Waals surface area contributed by atoms with Crippen LogP contribution in [-0.2, 0) is 9.63 Å². The Labute approximate surface area is 165 Å². The third-order valence-electron chi connectivity index (χ3n) is 4.62. The predicted octanol–water partition coefficient (Wildman–Crippen LogP) is 2.78. The van der Waals surface area contributed by atoms with Crippen LogP contribution in [0, 0.1) is 11.7 Å². The fraction of sp³-hybridized carbons (Fsp3) is 0.250. The SMILES string of the molecule is COc1cc(C2ON=C(C(=O)NN=Cc3cccc(F)c3)C2C)cc2c1OCO2. The molecule has 2 unspecified atom stereocenters. The fourth-order valence-corrected chi connectivity index (χ4v) is 3.15. The van der Waals surface area contributed by atoms with E-state index in [-0.39, 0.29) is 24.2 Å². The third kappa shape index (κ3) is 3.71. The fourth-order valence-electron chi connectivity index (χ4n) is 3.15. The molecule has 2 aromatic rings. The number of carbonyl (C=O) groups excluding carboxylic acids is 1. The Hall–Kier alpha value is -3.62. The van der Waals surface area contributed by atoms with Gasteiger partial charge in [-0.25, -0.2) is 9.82 Å². The Balaban J connectivity index is 1.44. The molecule has 1 amide bonds. The van der Waals surface area contributed by atoms with Crippen LogP contribution in [0.4, 0.5) is 4.39 Å². The molecule has 2 aromatic carbocycles. The number of halogens is 1. The van der Waals surface area contributed by atoms with Gasteiger partial charge in [-0.2, -0.15) is 5.10 Å². The highest BCUT2D eigenvalue weighted by Gasteiger charge is 2.37. The summed E-state index contributed by atoms with van der Waals surface area (Å²) >= 11 is 0. The summed E-state index contributed by atoms with van der Waals surface area (Å²) in [5.41, 5.74) is 3.85. The number of rotatable bonds is 5. The number of nitrogens with zero attached hydrogens (tertiary/aromatic N) is 2. The summed E-state index contributed by atoms with van der Waals surface area (Å²) in [7, 11) is 1.53. The van der Waals surface area contributed by atoms with Gasteiger partial charge in [-0.3, -0.25) is 4.79 Å². The molecule has 1 N–H and O–H groups in total. The number of methoxy groups -OCH3 is 1. The molecule has 0 aliphatic carbocycles. The summed E-state index contributed by atoms with van der Waals surface area (Å²) in [6.07, 6.45) is 0.855. The lowest BCUT2D eigenvalue weighted by Gasteiger charge is -2.16. The number of benzene rings is 2. The van der Waals surface area contributed by atoms with Crippen molar-refractivity contribution in [3.05, 3.63) is 53.3 Å². The van der Waals surface area contributed by atoms with Gasteiger partial charge >= 0.3 is 0 Å². The number of hydrazone groups is 1. The molecule has 9 heteroatoms. The van der Waals surface area contributed by atoms with Gasteiger partial charge in [-0.15, -0.1) is 0 Å². The summed E-state index contributed by atoms with van der Waals surface area (Å²) in [5, 5.41) is 7.77. The van der Waals surface area contributed by atoms with Crippen LogP contribution < -0.4 is 19.6 Å². The summed E-state index contributed by atoms with van der Waals surface area (Å²) in [6, 6.07) is 9.41. The molecule has 2 aliphatic heterocycles. The van der Waals surface area contributed by atoms with E-state index in [4.69, 9.17) is 19.0 Å². The number of amides is 1. The van der Waals surface area contributed by atoms with Crippen LogP contribution in [0.2, 0.25) is 0 Å². The zero-order valence-electron chi connectivity index (χ0n) is 15.7. The van der Waals surface area contributed by atoms with Crippen molar-refractivity contribution < 1.29 is 28.2 Å². The predicted molar refractivity (Wildman–Crippen MR) is 102 cm³/mol. The highest BCUT2D eigenvalue weighted by molar-refractivity contribution is 6.39. The Morgan fingerprint density at radius 1 is 1.34 bits per heavy atom. The highest BCUT2D eigenvalue weighted by atomic mass is 19.1. The van der Waals surface area contributed by atoms with E-state index in [0.29, 0.717) is 22.8 Å². The zero-order valence-corrected chi connectivity index (χ0v) is 15.7. The lowest BCUT2D eigenvalue weighted by atomic mass is 9.93. The molecule has 2 atom stereocenters. The smallest absolute Gasteiger partial charge is 0.289 e. The Morgan fingerprint density at radius 2 is 2.21 bits per heavy atom. The van der Waals surface area contributed by atoms with E-state index in [1.54, 1.807) is 24.3 Å². The molecule has 0 radical (unpaired) electrons. The molecular formula is C20H18FN3O5. The van der Waals surface area contributed by atoms with Crippen molar-refractivity contribution in [2.75, 3.05) is 13.9 Å². The molecule has 4 rings (SSSR count). The van der Waals surface area contributed by atoms with Gasteiger partial charge in [0.15, 0.2) is 23.3 Å². The lowest BCUT2D eigenvalue weighted by molar-refractivity contribution is -0.115.